The summed E-state index contributed by atoms with van der Waals surface area (Å²) in [5, 5.41) is 14.1. The number of ether oxygens (including phenoxy) is 1. The number of hydrogen-bond acceptors (Lipinski definition) is 9. The molecular formula is C26H27N7O4. The van der Waals surface area contributed by atoms with Gasteiger partial charge in [0.2, 0.25) is 11.9 Å². The van der Waals surface area contributed by atoms with Gasteiger partial charge in [0, 0.05) is 24.8 Å². The number of primary amides is 1. The van der Waals surface area contributed by atoms with Gasteiger partial charge in [0.15, 0.2) is 11.5 Å². The third-order valence-corrected chi connectivity index (χ3v) is 5.73. The fourth-order valence-electron chi connectivity index (χ4n) is 3.91. The van der Waals surface area contributed by atoms with Gasteiger partial charge < -0.3 is 26.0 Å². The smallest absolute Gasteiger partial charge is 0.338 e. The fraction of sp³-hybridized carbons (Fsp3) is 0.231. The highest BCUT2D eigenvalue weighted by atomic mass is 16.5. The van der Waals surface area contributed by atoms with Gasteiger partial charge in [-0.25, -0.2) is 4.79 Å². The number of nitrogens with one attached hydrogen (secondary N) is 2. The van der Waals surface area contributed by atoms with Crippen LogP contribution in [0.3, 0.4) is 0 Å². The predicted molar refractivity (Wildman–Crippen MR) is 137 cm³/mol. The van der Waals surface area contributed by atoms with Crippen LogP contribution in [0.1, 0.15) is 39.3 Å². The minimum absolute atomic E-state index is 0.0784. The summed E-state index contributed by atoms with van der Waals surface area (Å²) in [4.78, 5) is 42.6. The van der Waals surface area contributed by atoms with E-state index in [4.69, 9.17) is 10.5 Å². The lowest BCUT2D eigenvalue weighted by molar-refractivity contribution is -0.127. The van der Waals surface area contributed by atoms with Crippen molar-refractivity contribution in [3.8, 4) is 0 Å². The molecule has 11 nitrogen and oxygen atoms in total. The summed E-state index contributed by atoms with van der Waals surface area (Å²) in [7, 11) is 0. The van der Waals surface area contributed by atoms with Gasteiger partial charge in [-0.15, -0.1) is 10.2 Å². The number of esters is 1. The van der Waals surface area contributed by atoms with Crippen molar-refractivity contribution in [1.29, 1.82) is 0 Å². The van der Waals surface area contributed by atoms with Crippen LogP contribution in [0.5, 0.6) is 0 Å². The van der Waals surface area contributed by atoms with Gasteiger partial charge in [0.1, 0.15) is 6.61 Å². The minimum Gasteiger partial charge on any atom is -0.457 e. The second-order valence-corrected chi connectivity index (χ2v) is 8.44. The van der Waals surface area contributed by atoms with Crippen LogP contribution in [0.15, 0.2) is 67.3 Å². The maximum Gasteiger partial charge on any atom is 0.338 e. The molecule has 1 aromatic heterocycles. The zero-order valence-electron chi connectivity index (χ0n) is 20.1. The lowest BCUT2D eigenvalue weighted by Crippen LogP contribution is -2.44. The highest BCUT2D eigenvalue weighted by Gasteiger charge is 2.24. The Balaban J connectivity index is 1.47. The second-order valence-electron chi connectivity index (χ2n) is 8.44. The fourth-order valence-corrected chi connectivity index (χ4v) is 3.91. The zero-order valence-corrected chi connectivity index (χ0v) is 20.1. The Morgan fingerprint density at radius 1 is 1.14 bits per heavy atom. The Kier molecular flexibility index (Phi) is 8.04. The van der Waals surface area contributed by atoms with Gasteiger partial charge in [0.05, 0.1) is 5.56 Å². The molecule has 1 aliphatic heterocycles. The number of amides is 2. The molecule has 4 N–H and O–H groups in total. The van der Waals surface area contributed by atoms with E-state index >= 15 is 0 Å². The normalized spacial score (nSPS) is 14.9. The third-order valence-electron chi connectivity index (χ3n) is 5.73. The lowest BCUT2D eigenvalue weighted by atomic mass is 10.1. The molecule has 0 saturated carbocycles. The van der Waals surface area contributed by atoms with Gasteiger partial charge in [-0.2, -0.15) is 4.98 Å². The van der Waals surface area contributed by atoms with E-state index in [0.29, 0.717) is 24.3 Å². The minimum atomic E-state index is -0.812. The van der Waals surface area contributed by atoms with E-state index in [9.17, 15) is 14.4 Å². The summed E-state index contributed by atoms with van der Waals surface area (Å²) in [5.41, 5.74) is 6.98. The average Bonchev–Trinajstić information content (AvgIpc) is 2.92. The maximum atomic E-state index is 12.6. The van der Waals surface area contributed by atoms with E-state index in [1.807, 2.05) is 30.3 Å². The number of aromatic nitrogens is 3. The van der Waals surface area contributed by atoms with E-state index in [1.165, 1.54) is 6.08 Å². The Morgan fingerprint density at radius 2 is 1.95 bits per heavy atom. The molecule has 3 aromatic rings. The highest BCUT2D eigenvalue weighted by Crippen LogP contribution is 2.21. The van der Waals surface area contributed by atoms with Crippen LogP contribution < -0.4 is 16.4 Å². The van der Waals surface area contributed by atoms with E-state index in [2.05, 4.69) is 32.4 Å². The molecule has 1 atom stereocenters. The van der Waals surface area contributed by atoms with E-state index in [1.54, 1.807) is 29.2 Å². The van der Waals surface area contributed by atoms with Crippen LogP contribution in [-0.2, 0) is 16.1 Å². The molecule has 0 bridgehead atoms. The molecule has 4 rings (SSSR count). The summed E-state index contributed by atoms with van der Waals surface area (Å²) in [6.45, 7) is 4.79. The summed E-state index contributed by atoms with van der Waals surface area (Å²) in [6.07, 6.45) is 2.90. The summed E-state index contributed by atoms with van der Waals surface area (Å²) >= 11 is 0. The summed E-state index contributed by atoms with van der Waals surface area (Å²) < 4.78 is 5.40. The molecule has 1 fully saturated rings. The van der Waals surface area contributed by atoms with Crippen molar-refractivity contribution in [3.63, 3.8) is 0 Å². The number of piperidine rings is 1. The molecular weight excluding hydrogens is 474 g/mol. The molecule has 37 heavy (non-hydrogen) atoms. The van der Waals surface area contributed by atoms with E-state index < -0.39 is 11.9 Å². The number of likely N-dealkylation sites (tertiary alicyclic amines) is 1. The monoisotopic (exact) mass is 501 g/mol. The first-order valence-electron chi connectivity index (χ1n) is 11.7. The zero-order chi connectivity index (χ0) is 26.2. The van der Waals surface area contributed by atoms with Crippen molar-refractivity contribution < 1.29 is 19.1 Å². The lowest BCUT2D eigenvalue weighted by Gasteiger charge is -2.32. The molecule has 1 aliphatic rings. The summed E-state index contributed by atoms with van der Waals surface area (Å²) in [5.74, 6) is -1.20. The molecule has 2 amide bonds. The van der Waals surface area contributed by atoms with Crippen LogP contribution >= 0.6 is 0 Å². The predicted octanol–water partition coefficient (Wildman–Crippen LogP) is 2.66. The number of benzene rings is 2. The standard InChI is InChI=1S/C26H27N7O4/c1-2-21(34)33-13-7-12-20(15-33)29-26-30-24(22(23(27)35)31-32-26)28-19-11-6-10-18(14-19)25(36)37-16-17-8-4-3-5-9-17/h2-6,8-11,14,20H,1,7,12-13,15-16H2,(H2,27,35)(H2,28,29,30,32)/t20-/m1/s1. The quantitative estimate of drug-likeness (QED) is 0.297. The van der Waals surface area contributed by atoms with Gasteiger partial charge in [-0.05, 0) is 42.7 Å². The first-order valence-corrected chi connectivity index (χ1v) is 11.7. The number of nitrogens with zero attached hydrogens (tertiary/aromatic N) is 4. The Bertz CT molecular complexity index is 1300. The Morgan fingerprint density at radius 3 is 2.70 bits per heavy atom. The molecule has 11 heteroatoms. The van der Waals surface area contributed by atoms with Gasteiger partial charge in [-0.1, -0.05) is 43.0 Å². The number of hydrogen-bond donors (Lipinski definition) is 3. The van der Waals surface area contributed by atoms with Crippen LogP contribution in [0.25, 0.3) is 0 Å². The average molecular weight is 502 g/mol. The van der Waals surface area contributed by atoms with Crippen molar-refractivity contribution in [3.05, 3.63) is 84.1 Å². The second kappa shape index (κ2) is 11.8. The van der Waals surface area contributed by atoms with Crippen molar-refractivity contribution in [2.75, 3.05) is 23.7 Å². The molecule has 0 radical (unpaired) electrons. The first kappa shape index (κ1) is 25.3. The molecule has 190 valence electrons. The maximum absolute atomic E-state index is 12.6. The SMILES string of the molecule is C=CC(=O)N1CCC[C@@H](Nc2nnc(C(N)=O)c(Nc3cccc(C(=O)OCc4ccccc4)c3)n2)C1. The topological polar surface area (TPSA) is 152 Å². The van der Waals surface area contributed by atoms with Gasteiger partial charge in [-0.3, -0.25) is 9.59 Å². The molecule has 2 aromatic carbocycles. The van der Waals surface area contributed by atoms with E-state index in [-0.39, 0.29) is 36.0 Å². The molecule has 1 saturated heterocycles. The van der Waals surface area contributed by atoms with Crippen LogP contribution in [-0.4, -0.2) is 57.0 Å². The third kappa shape index (κ3) is 6.66. The molecule has 0 aliphatic carbocycles. The largest absolute Gasteiger partial charge is 0.457 e. The number of nitrogens with two attached hydrogens (primary N) is 1. The van der Waals surface area contributed by atoms with Crippen LogP contribution in [0.4, 0.5) is 17.5 Å². The van der Waals surface area contributed by atoms with Crippen molar-refractivity contribution in [2.45, 2.75) is 25.5 Å². The molecule has 0 spiro atoms. The van der Waals surface area contributed by atoms with Crippen LogP contribution in [0.2, 0.25) is 0 Å². The van der Waals surface area contributed by atoms with Crippen molar-refractivity contribution >= 4 is 35.2 Å². The van der Waals surface area contributed by atoms with E-state index in [0.717, 1.165) is 18.4 Å². The van der Waals surface area contributed by atoms with Gasteiger partial charge in [0.25, 0.3) is 5.91 Å². The Labute approximate surface area is 213 Å². The van der Waals surface area contributed by atoms with Crippen molar-refractivity contribution in [2.24, 2.45) is 5.73 Å². The van der Waals surface area contributed by atoms with Crippen molar-refractivity contribution in [1.82, 2.24) is 20.1 Å². The molecule has 2 heterocycles. The number of carbonyl (C=O) groups is 3. The number of anilines is 3. The highest BCUT2D eigenvalue weighted by molar-refractivity contribution is 5.96. The summed E-state index contributed by atoms with van der Waals surface area (Å²) in [6, 6.07) is 15.8. The molecule has 0 unspecified atom stereocenters. The van der Waals surface area contributed by atoms with Gasteiger partial charge >= 0.3 is 5.97 Å². The first-order chi connectivity index (χ1) is 17.9. The number of rotatable bonds is 9. The number of carbonyl (C=O) groups excluding carboxylic acids is 3. The van der Waals surface area contributed by atoms with Crippen LogP contribution in [0, 0.1) is 0 Å². The Hall–Kier alpha value is -4.80.